The van der Waals surface area contributed by atoms with E-state index in [1.165, 1.54) is 32.1 Å². The van der Waals surface area contributed by atoms with Crippen molar-refractivity contribution < 1.29 is 9.53 Å². The summed E-state index contributed by atoms with van der Waals surface area (Å²) in [6.07, 6.45) is 9.90. The van der Waals surface area contributed by atoms with Crippen molar-refractivity contribution in [2.24, 2.45) is 0 Å². The Labute approximate surface area is 163 Å². The molecular weight excluding hydrogens is 354 g/mol. The second-order valence-corrected chi connectivity index (χ2v) is 14.6. The summed E-state index contributed by atoms with van der Waals surface area (Å²) in [5, 5.41) is 4.68. The van der Waals surface area contributed by atoms with Gasteiger partial charge in [-0.2, -0.15) is 0 Å². The molecule has 1 aliphatic rings. The molecule has 0 saturated heterocycles. The highest BCUT2D eigenvalue weighted by molar-refractivity contribution is 6.76. The van der Waals surface area contributed by atoms with E-state index in [4.69, 9.17) is 4.74 Å². The first-order valence-electron chi connectivity index (χ1n) is 10.2. The third-order valence-electron chi connectivity index (χ3n) is 5.35. The normalized spacial score (nSPS) is 16.0. The average Bonchev–Trinajstić information content (AvgIpc) is 3.02. The second-order valence-electron chi connectivity index (χ2n) is 8.95. The van der Waals surface area contributed by atoms with Gasteiger partial charge in [0.1, 0.15) is 12.4 Å². The lowest BCUT2D eigenvalue weighted by atomic mass is 9.94. The third-order valence-corrected chi connectivity index (χ3v) is 7.05. The van der Waals surface area contributed by atoms with Crippen molar-refractivity contribution in [2.75, 3.05) is 11.9 Å². The van der Waals surface area contributed by atoms with Crippen LogP contribution in [0.25, 0.3) is 11.0 Å². The van der Waals surface area contributed by atoms with Crippen molar-refractivity contribution in [2.45, 2.75) is 77.5 Å². The van der Waals surface area contributed by atoms with E-state index in [0.717, 1.165) is 29.4 Å². The highest BCUT2D eigenvalue weighted by Gasteiger charge is 2.20. The fourth-order valence-corrected chi connectivity index (χ4v) is 4.41. The monoisotopic (exact) mass is 387 g/mol. The van der Waals surface area contributed by atoms with Crippen LogP contribution in [0.1, 0.15) is 49.4 Å². The second kappa shape index (κ2) is 8.57. The van der Waals surface area contributed by atoms with Crippen molar-refractivity contribution in [3.8, 4) is 0 Å². The van der Waals surface area contributed by atoms with Gasteiger partial charge in [-0.05, 0) is 31.9 Å². The van der Waals surface area contributed by atoms with Gasteiger partial charge in [-0.15, -0.1) is 0 Å². The van der Waals surface area contributed by atoms with Gasteiger partial charge in [-0.3, -0.25) is 4.79 Å². The number of Topliss-reactive ketones (excluding diaryl/α,β-unsaturated/α-hetero) is 1. The molecule has 1 saturated carbocycles. The van der Waals surface area contributed by atoms with E-state index in [2.05, 4.69) is 36.0 Å². The van der Waals surface area contributed by atoms with E-state index < -0.39 is 8.07 Å². The van der Waals surface area contributed by atoms with Gasteiger partial charge in [0.2, 0.25) is 0 Å². The van der Waals surface area contributed by atoms with E-state index in [1.807, 2.05) is 10.8 Å². The van der Waals surface area contributed by atoms with Crippen LogP contribution in [-0.2, 0) is 11.5 Å². The van der Waals surface area contributed by atoms with Crippen molar-refractivity contribution in [3.05, 3.63) is 24.0 Å². The van der Waals surface area contributed by atoms with Gasteiger partial charge in [0.05, 0.1) is 11.3 Å². The number of ether oxygens (including phenoxy) is 1. The Morgan fingerprint density at radius 2 is 2.04 bits per heavy atom. The lowest BCUT2D eigenvalue weighted by Crippen LogP contribution is -2.23. The molecule has 2 heterocycles. The molecule has 0 aromatic carbocycles. The molecule has 0 unspecified atom stereocenters. The van der Waals surface area contributed by atoms with Crippen LogP contribution in [0.3, 0.4) is 0 Å². The molecule has 148 valence electrons. The molecule has 0 radical (unpaired) electrons. The maximum absolute atomic E-state index is 12.2. The maximum atomic E-state index is 12.2. The summed E-state index contributed by atoms with van der Waals surface area (Å²) in [5.74, 6) is 0.0573. The lowest BCUT2D eigenvalue weighted by Gasteiger charge is -2.25. The minimum atomic E-state index is -1.08. The van der Waals surface area contributed by atoms with E-state index in [1.54, 1.807) is 13.1 Å². The molecule has 0 spiro atoms. The van der Waals surface area contributed by atoms with Crippen LogP contribution < -0.4 is 5.32 Å². The Kier molecular flexibility index (Phi) is 6.37. The van der Waals surface area contributed by atoms with Crippen LogP contribution >= 0.6 is 0 Å². The van der Waals surface area contributed by atoms with Crippen LogP contribution in [0.2, 0.25) is 25.7 Å². The molecule has 0 atom stereocenters. The number of ketones is 1. The molecule has 1 N–H and O–H groups in total. The number of nitrogens with one attached hydrogen (secondary N) is 1. The molecule has 2 aromatic heterocycles. The summed E-state index contributed by atoms with van der Waals surface area (Å²) in [6.45, 7) is 9.98. The zero-order valence-corrected chi connectivity index (χ0v) is 18.2. The van der Waals surface area contributed by atoms with Gasteiger partial charge in [0.15, 0.2) is 5.78 Å². The van der Waals surface area contributed by atoms with Gasteiger partial charge in [-0.1, -0.05) is 38.9 Å². The molecule has 0 aliphatic heterocycles. The van der Waals surface area contributed by atoms with Crippen molar-refractivity contribution in [1.82, 2.24) is 9.55 Å². The van der Waals surface area contributed by atoms with E-state index in [0.29, 0.717) is 18.3 Å². The number of pyridine rings is 1. The largest absolute Gasteiger partial charge is 0.381 e. The fraction of sp³-hybridized carbons (Fsp3) is 0.619. The average molecular weight is 388 g/mol. The maximum Gasteiger partial charge on any atom is 0.163 e. The molecule has 0 bridgehead atoms. The molecule has 3 rings (SSSR count). The first-order valence-corrected chi connectivity index (χ1v) is 13.9. The smallest absolute Gasteiger partial charge is 0.163 e. The number of aromatic nitrogens is 2. The number of nitrogens with zero attached hydrogens (tertiary/aromatic N) is 2. The van der Waals surface area contributed by atoms with E-state index in [9.17, 15) is 4.79 Å². The van der Waals surface area contributed by atoms with E-state index >= 15 is 0 Å². The highest BCUT2D eigenvalue weighted by Crippen LogP contribution is 2.30. The molecule has 6 heteroatoms. The summed E-state index contributed by atoms with van der Waals surface area (Å²) >= 11 is 0. The molecule has 1 aliphatic carbocycles. The highest BCUT2D eigenvalue weighted by atomic mass is 28.3. The lowest BCUT2D eigenvalue weighted by molar-refractivity contribution is 0.0899. The predicted molar refractivity (Wildman–Crippen MR) is 114 cm³/mol. The Bertz CT molecular complexity index is 789. The van der Waals surface area contributed by atoms with E-state index in [-0.39, 0.29) is 5.78 Å². The summed E-state index contributed by atoms with van der Waals surface area (Å²) in [4.78, 5) is 16.7. The number of carbonyl (C=O) groups excluding carboxylic acids is 1. The quantitative estimate of drug-likeness (QED) is 0.379. The minimum Gasteiger partial charge on any atom is -0.381 e. The van der Waals surface area contributed by atoms with Crippen LogP contribution in [0, 0.1) is 0 Å². The fourth-order valence-electron chi connectivity index (χ4n) is 3.66. The van der Waals surface area contributed by atoms with Crippen molar-refractivity contribution in [3.63, 3.8) is 0 Å². The standard InChI is InChI=1S/C21H33N3O2Si/c1-16(25)19-14-22-21-18(20(19)23-17-8-6-5-7-9-17)10-11-24(21)15-26-12-13-27(2,3)4/h10-11,14,17H,5-9,12-13,15H2,1-4H3,(H,22,23). The SMILES string of the molecule is CC(=O)c1cnc2c(ccn2COCC[Si](C)(C)C)c1NC1CCCCC1. The van der Waals surface area contributed by atoms with Gasteiger partial charge in [0.25, 0.3) is 0 Å². The van der Waals surface area contributed by atoms with Gasteiger partial charge >= 0.3 is 0 Å². The topological polar surface area (TPSA) is 56.2 Å². The minimum absolute atomic E-state index is 0.0573. The first-order chi connectivity index (χ1) is 12.8. The molecule has 1 fully saturated rings. The van der Waals surface area contributed by atoms with Crippen molar-refractivity contribution >= 4 is 30.6 Å². The summed E-state index contributed by atoms with van der Waals surface area (Å²) in [7, 11) is -1.08. The Morgan fingerprint density at radius 3 is 2.70 bits per heavy atom. The molecule has 5 nitrogen and oxygen atoms in total. The van der Waals surface area contributed by atoms with Gasteiger partial charge in [0, 0.05) is 38.5 Å². The summed E-state index contributed by atoms with van der Waals surface area (Å²) in [5.41, 5.74) is 2.51. The third kappa shape index (κ3) is 5.20. The number of hydrogen-bond donors (Lipinski definition) is 1. The zero-order chi connectivity index (χ0) is 19.4. The summed E-state index contributed by atoms with van der Waals surface area (Å²) in [6, 6.07) is 3.66. The van der Waals surface area contributed by atoms with Gasteiger partial charge in [-0.25, -0.2) is 4.98 Å². The Morgan fingerprint density at radius 1 is 1.30 bits per heavy atom. The molecular formula is C21H33N3O2Si. The van der Waals surface area contributed by atoms with Crippen LogP contribution in [0.5, 0.6) is 0 Å². The zero-order valence-electron chi connectivity index (χ0n) is 17.2. The van der Waals surface area contributed by atoms with Crippen LogP contribution in [0.4, 0.5) is 5.69 Å². The number of rotatable bonds is 8. The number of carbonyl (C=O) groups is 1. The predicted octanol–water partition coefficient (Wildman–Crippen LogP) is 5.30. The number of anilines is 1. The van der Waals surface area contributed by atoms with Crippen molar-refractivity contribution in [1.29, 1.82) is 0 Å². The number of fused-ring (bicyclic) bond motifs is 1. The summed E-state index contributed by atoms with van der Waals surface area (Å²) < 4.78 is 7.94. The molecule has 2 aromatic rings. The van der Waals surface area contributed by atoms with Gasteiger partial charge < -0.3 is 14.6 Å². The first kappa shape index (κ1) is 20.1. The van der Waals surface area contributed by atoms with Crippen LogP contribution in [0.15, 0.2) is 18.5 Å². The molecule has 0 amide bonds. The Hall–Kier alpha value is -1.66. The Balaban J connectivity index is 1.80. The molecule has 27 heavy (non-hydrogen) atoms. The van der Waals surface area contributed by atoms with Crippen LogP contribution in [-0.4, -0.2) is 36.1 Å². The number of hydrogen-bond acceptors (Lipinski definition) is 4.